The van der Waals surface area contributed by atoms with Crippen LogP contribution >= 0.6 is 45.2 Å². The van der Waals surface area contributed by atoms with Gasteiger partial charge in [0.25, 0.3) is 0 Å². The molecule has 0 fully saturated rings. The monoisotopic (exact) mass is 554 g/mol. The minimum Gasteiger partial charge on any atom is -0.491 e. The number of hydrogen-bond acceptors (Lipinski definition) is 4. The molecule has 0 N–H and O–H groups in total. The molecule has 0 bridgehead atoms. The SMILES string of the molecule is Ic1ccc(OCCOCCOCCOc2ccc(I)cc2)cc1. The van der Waals surface area contributed by atoms with Crippen molar-refractivity contribution in [1.82, 2.24) is 0 Å². The molecule has 130 valence electrons. The van der Waals surface area contributed by atoms with Crippen LogP contribution in [0.15, 0.2) is 48.5 Å². The molecule has 6 heteroatoms. The lowest BCUT2D eigenvalue weighted by Gasteiger charge is -2.09. The summed E-state index contributed by atoms with van der Waals surface area (Å²) >= 11 is 4.53. The summed E-state index contributed by atoms with van der Waals surface area (Å²) in [4.78, 5) is 0. The molecule has 2 aromatic rings. The highest BCUT2D eigenvalue weighted by Gasteiger charge is 1.96. The molecule has 0 saturated heterocycles. The molecule has 0 saturated carbocycles. The summed E-state index contributed by atoms with van der Waals surface area (Å²) in [5.74, 6) is 1.73. The van der Waals surface area contributed by atoms with E-state index in [1.165, 1.54) is 7.14 Å². The van der Waals surface area contributed by atoms with Crippen molar-refractivity contribution in [1.29, 1.82) is 0 Å². The van der Waals surface area contributed by atoms with Crippen LogP contribution in [-0.2, 0) is 9.47 Å². The average molecular weight is 554 g/mol. The van der Waals surface area contributed by atoms with Gasteiger partial charge in [0.2, 0.25) is 0 Å². The smallest absolute Gasteiger partial charge is 0.119 e. The number of halogens is 2. The van der Waals surface area contributed by atoms with Crippen molar-refractivity contribution in [2.75, 3.05) is 39.6 Å². The Labute approximate surface area is 170 Å². The predicted octanol–water partition coefficient (Wildman–Crippen LogP) is 4.39. The normalized spacial score (nSPS) is 10.6. The lowest BCUT2D eigenvalue weighted by Crippen LogP contribution is -2.13. The molecule has 2 aromatic carbocycles. The average Bonchev–Trinajstić information content (AvgIpc) is 2.60. The third-order valence-electron chi connectivity index (χ3n) is 2.99. The highest BCUT2D eigenvalue weighted by atomic mass is 127. The molecular weight excluding hydrogens is 534 g/mol. The molecule has 0 heterocycles. The lowest BCUT2D eigenvalue weighted by atomic mass is 10.3. The van der Waals surface area contributed by atoms with E-state index in [1.807, 2.05) is 48.5 Å². The topological polar surface area (TPSA) is 36.9 Å². The van der Waals surface area contributed by atoms with Crippen LogP contribution in [0.3, 0.4) is 0 Å². The number of benzene rings is 2. The molecule has 0 aliphatic heterocycles. The molecule has 2 rings (SSSR count). The first-order valence-electron chi connectivity index (χ1n) is 7.66. The van der Waals surface area contributed by atoms with Gasteiger partial charge in [-0.3, -0.25) is 0 Å². The van der Waals surface area contributed by atoms with E-state index in [9.17, 15) is 0 Å². The van der Waals surface area contributed by atoms with Crippen LogP contribution in [0.25, 0.3) is 0 Å². The second-order valence-electron chi connectivity index (χ2n) is 4.83. The van der Waals surface area contributed by atoms with E-state index in [4.69, 9.17) is 18.9 Å². The molecule has 24 heavy (non-hydrogen) atoms. The van der Waals surface area contributed by atoms with Gasteiger partial charge < -0.3 is 18.9 Å². The zero-order valence-electron chi connectivity index (χ0n) is 13.3. The van der Waals surface area contributed by atoms with E-state index in [0.29, 0.717) is 39.6 Å². The second kappa shape index (κ2) is 11.9. The summed E-state index contributed by atoms with van der Waals surface area (Å²) in [6.07, 6.45) is 0. The van der Waals surface area contributed by atoms with Gasteiger partial charge in [0.1, 0.15) is 24.7 Å². The Morgan fingerprint density at radius 3 is 1.21 bits per heavy atom. The maximum atomic E-state index is 5.57. The maximum Gasteiger partial charge on any atom is 0.119 e. The summed E-state index contributed by atoms with van der Waals surface area (Å²) in [5.41, 5.74) is 0. The molecule has 0 aliphatic carbocycles. The second-order valence-corrected chi connectivity index (χ2v) is 7.32. The highest BCUT2D eigenvalue weighted by Crippen LogP contribution is 2.14. The van der Waals surface area contributed by atoms with Crippen LogP contribution in [0.5, 0.6) is 11.5 Å². The van der Waals surface area contributed by atoms with Gasteiger partial charge in [-0.15, -0.1) is 0 Å². The van der Waals surface area contributed by atoms with E-state index < -0.39 is 0 Å². The Balaban J connectivity index is 1.40. The minimum absolute atomic E-state index is 0.538. The van der Waals surface area contributed by atoms with Crippen LogP contribution in [-0.4, -0.2) is 39.6 Å². The van der Waals surface area contributed by atoms with Gasteiger partial charge >= 0.3 is 0 Å². The summed E-state index contributed by atoms with van der Waals surface area (Å²) < 4.78 is 24.5. The molecule has 0 aliphatic rings. The standard InChI is InChI=1S/C18H20I2O4/c19-15-1-5-17(6-2-15)23-13-11-21-9-10-22-12-14-24-18-7-3-16(20)4-8-18/h1-8H,9-14H2. The third-order valence-corrected chi connectivity index (χ3v) is 4.43. The lowest BCUT2D eigenvalue weighted by molar-refractivity contribution is 0.0273. The zero-order chi connectivity index (χ0) is 17.0. The molecule has 0 atom stereocenters. The van der Waals surface area contributed by atoms with Crippen molar-refractivity contribution in [3.63, 3.8) is 0 Å². The summed E-state index contributed by atoms with van der Waals surface area (Å²) in [6.45, 7) is 3.29. The number of ether oxygens (including phenoxy) is 4. The van der Waals surface area contributed by atoms with Gasteiger partial charge in [0, 0.05) is 7.14 Å². The van der Waals surface area contributed by atoms with Gasteiger partial charge in [0.05, 0.1) is 26.4 Å². The fourth-order valence-corrected chi connectivity index (χ4v) is 2.54. The van der Waals surface area contributed by atoms with Crippen molar-refractivity contribution in [2.24, 2.45) is 0 Å². The van der Waals surface area contributed by atoms with E-state index in [-0.39, 0.29) is 0 Å². The van der Waals surface area contributed by atoms with Gasteiger partial charge in [-0.1, -0.05) is 0 Å². The summed E-state index contributed by atoms with van der Waals surface area (Å²) in [7, 11) is 0. The quantitative estimate of drug-likeness (QED) is 0.306. The van der Waals surface area contributed by atoms with E-state index in [2.05, 4.69) is 45.2 Å². The molecule has 0 radical (unpaired) electrons. The molecule has 0 unspecified atom stereocenters. The van der Waals surface area contributed by atoms with Crippen molar-refractivity contribution in [3.8, 4) is 11.5 Å². The molecule has 4 nitrogen and oxygen atoms in total. The zero-order valence-corrected chi connectivity index (χ0v) is 17.6. The van der Waals surface area contributed by atoms with Gasteiger partial charge in [0.15, 0.2) is 0 Å². The first kappa shape index (κ1) is 19.7. The largest absolute Gasteiger partial charge is 0.491 e. The number of rotatable bonds is 11. The van der Waals surface area contributed by atoms with Crippen molar-refractivity contribution in [2.45, 2.75) is 0 Å². The first-order chi connectivity index (χ1) is 11.7. The fourth-order valence-electron chi connectivity index (χ4n) is 1.82. The Morgan fingerprint density at radius 1 is 0.500 bits per heavy atom. The Morgan fingerprint density at radius 2 is 0.833 bits per heavy atom. The summed E-state index contributed by atoms with van der Waals surface area (Å²) in [6, 6.07) is 15.9. The van der Waals surface area contributed by atoms with Crippen LogP contribution in [0.1, 0.15) is 0 Å². The van der Waals surface area contributed by atoms with Crippen molar-refractivity contribution < 1.29 is 18.9 Å². The first-order valence-corrected chi connectivity index (χ1v) is 9.82. The highest BCUT2D eigenvalue weighted by molar-refractivity contribution is 14.1. The Hall–Kier alpha value is -0.580. The minimum atomic E-state index is 0.538. The maximum absolute atomic E-state index is 5.57. The molecule has 0 aromatic heterocycles. The van der Waals surface area contributed by atoms with E-state index in [0.717, 1.165) is 11.5 Å². The summed E-state index contributed by atoms with van der Waals surface area (Å²) in [5, 5.41) is 0. The van der Waals surface area contributed by atoms with E-state index >= 15 is 0 Å². The van der Waals surface area contributed by atoms with Gasteiger partial charge in [-0.2, -0.15) is 0 Å². The van der Waals surface area contributed by atoms with Crippen molar-refractivity contribution in [3.05, 3.63) is 55.7 Å². The van der Waals surface area contributed by atoms with Crippen LogP contribution in [0, 0.1) is 7.14 Å². The van der Waals surface area contributed by atoms with Crippen LogP contribution in [0.4, 0.5) is 0 Å². The van der Waals surface area contributed by atoms with Crippen LogP contribution < -0.4 is 9.47 Å². The third kappa shape index (κ3) is 8.50. The Kier molecular flexibility index (Phi) is 9.78. The van der Waals surface area contributed by atoms with E-state index in [1.54, 1.807) is 0 Å². The van der Waals surface area contributed by atoms with Crippen LogP contribution in [0.2, 0.25) is 0 Å². The molecular formula is C18H20I2O4. The molecule has 0 spiro atoms. The molecule has 0 amide bonds. The number of hydrogen-bond donors (Lipinski definition) is 0. The van der Waals surface area contributed by atoms with Gasteiger partial charge in [-0.25, -0.2) is 0 Å². The van der Waals surface area contributed by atoms with Gasteiger partial charge in [-0.05, 0) is 93.7 Å². The Bertz CT molecular complexity index is 519. The predicted molar refractivity (Wildman–Crippen MR) is 111 cm³/mol. The van der Waals surface area contributed by atoms with Crippen molar-refractivity contribution >= 4 is 45.2 Å². The fraction of sp³-hybridized carbons (Fsp3) is 0.333.